The standard InChI is InChI=1S/C20H19ClN2O4/c1-14(24)23-18(11-15-5-3-2-4-6-15)20(26)27-13-19(25)22-12-16-7-9-17(21)10-8-16/h2-11H,12-13H2,1H3,(H,22,25)(H,23,24). The number of carbonyl (C=O) groups excluding carboxylic acids is 3. The van der Waals surface area contributed by atoms with Gasteiger partial charge < -0.3 is 15.4 Å². The van der Waals surface area contributed by atoms with Gasteiger partial charge in [-0.2, -0.15) is 0 Å². The van der Waals surface area contributed by atoms with Gasteiger partial charge in [-0.3, -0.25) is 9.59 Å². The van der Waals surface area contributed by atoms with Crippen LogP contribution in [-0.2, 0) is 25.7 Å². The predicted octanol–water partition coefficient (Wildman–Crippen LogP) is 2.68. The van der Waals surface area contributed by atoms with E-state index in [0.29, 0.717) is 10.6 Å². The molecule has 2 rings (SSSR count). The van der Waals surface area contributed by atoms with Crippen LogP contribution in [0.4, 0.5) is 0 Å². The highest BCUT2D eigenvalue weighted by molar-refractivity contribution is 6.30. The van der Waals surface area contributed by atoms with Gasteiger partial charge in [-0.05, 0) is 29.3 Å². The minimum atomic E-state index is -0.796. The molecule has 7 heteroatoms. The Hall–Kier alpha value is -3.12. The molecule has 0 spiro atoms. The number of halogens is 1. The first-order valence-corrected chi connectivity index (χ1v) is 8.54. The molecule has 0 saturated heterocycles. The number of ether oxygens (including phenoxy) is 1. The normalized spacial score (nSPS) is 10.8. The Labute approximate surface area is 162 Å². The molecule has 0 bridgehead atoms. The molecule has 0 aromatic heterocycles. The molecule has 27 heavy (non-hydrogen) atoms. The summed E-state index contributed by atoms with van der Waals surface area (Å²) >= 11 is 5.80. The number of hydrogen-bond acceptors (Lipinski definition) is 4. The molecule has 0 fully saturated rings. The van der Waals surface area contributed by atoms with Gasteiger partial charge in [-0.25, -0.2) is 4.79 Å². The number of benzene rings is 2. The summed E-state index contributed by atoms with van der Waals surface area (Å²) in [6.45, 7) is 1.11. The van der Waals surface area contributed by atoms with Gasteiger partial charge in [0.05, 0.1) is 0 Å². The molecule has 0 aliphatic rings. The van der Waals surface area contributed by atoms with Gasteiger partial charge in [0.15, 0.2) is 6.61 Å². The molecule has 0 atom stereocenters. The van der Waals surface area contributed by atoms with Crippen LogP contribution in [0, 0.1) is 0 Å². The first kappa shape index (κ1) is 20.2. The Balaban J connectivity index is 1.90. The summed E-state index contributed by atoms with van der Waals surface area (Å²) < 4.78 is 4.99. The van der Waals surface area contributed by atoms with Crippen LogP contribution in [0.25, 0.3) is 6.08 Å². The van der Waals surface area contributed by atoms with Crippen LogP contribution in [0.5, 0.6) is 0 Å². The van der Waals surface area contributed by atoms with E-state index in [-0.39, 0.29) is 12.2 Å². The molecule has 2 N–H and O–H groups in total. The van der Waals surface area contributed by atoms with Crippen LogP contribution in [0.15, 0.2) is 60.3 Å². The lowest BCUT2D eigenvalue weighted by Gasteiger charge is -2.10. The molecule has 0 aliphatic carbocycles. The highest BCUT2D eigenvalue weighted by Gasteiger charge is 2.14. The van der Waals surface area contributed by atoms with Crippen LogP contribution in [0.1, 0.15) is 18.1 Å². The molecule has 0 heterocycles. The van der Waals surface area contributed by atoms with Crippen molar-refractivity contribution in [3.63, 3.8) is 0 Å². The zero-order chi connectivity index (χ0) is 19.6. The average molecular weight is 387 g/mol. The second-order valence-corrected chi connectivity index (χ2v) is 6.07. The Bertz CT molecular complexity index is 833. The van der Waals surface area contributed by atoms with Crippen molar-refractivity contribution in [2.45, 2.75) is 13.5 Å². The van der Waals surface area contributed by atoms with Gasteiger partial charge >= 0.3 is 5.97 Å². The van der Waals surface area contributed by atoms with E-state index in [4.69, 9.17) is 16.3 Å². The van der Waals surface area contributed by atoms with Crippen LogP contribution >= 0.6 is 11.6 Å². The van der Waals surface area contributed by atoms with Crippen molar-refractivity contribution in [3.8, 4) is 0 Å². The summed E-state index contributed by atoms with van der Waals surface area (Å²) in [5, 5.41) is 5.66. The van der Waals surface area contributed by atoms with E-state index in [2.05, 4.69) is 10.6 Å². The van der Waals surface area contributed by atoms with E-state index < -0.39 is 24.4 Å². The number of carbonyl (C=O) groups is 3. The summed E-state index contributed by atoms with van der Waals surface area (Å²) in [4.78, 5) is 35.4. The molecule has 0 unspecified atom stereocenters. The van der Waals surface area contributed by atoms with Crippen molar-refractivity contribution in [3.05, 3.63) is 76.4 Å². The monoisotopic (exact) mass is 386 g/mol. The van der Waals surface area contributed by atoms with E-state index in [1.165, 1.54) is 13.0 Å². The first-order chi connectivity index (χ1) is 12.9. The lowest BCUT2D eigenvalue weighted by atomic mass is 10.2. The molecule has 0 radical (unpaired) electrons. The van der Waals surface area contributed by atoms with Gasteiger partial charge in [-0.15, -0.1) is 0 Å². The highest BCUT2D eigenvalue weighted by atomic mass is 35.5. The molecule has 0 saturated carbocycles. The lowest BCUT2D eigenvalue weighted by molar-refractivity contribution is -0.145. The van der Waals surface area contributed by atoms with Gasteiger partial charge in [0.2, 0.25) is 5.91 Å². The number of esters is 1. The zero-order valence-corrected chi connectivity index (χ0v) is 15.5. The maximum absolute atomic E-state index is 12.2. The third kappa shape index (κ3) is 7.33. The summed E-state index contributed by atoms with van der Waals surface area (Å²) in [5.74, 6) is -1.67. The quantitative estimate of drug-likeness (QED) is 0.566. The Morgan fingerprint density at radius 1 is 1.04 bits per heavy atom. The summed E-state index contributed by atoms with van der Waals surface area (Å²) in [6.07, 6.45) is 1.48. The van der Waals surface area contributed by atoms with Gasteiger partial charge in [0.25, 0.3) is 5.91 Å². The second-order valence-electron chi connectivity index (χ2n) is 5.63. The van der Waals surface area contributed by atoms with Crippen LogP contribution in [0.2, 0.25) is 5.02 Å². The molecule has 2 amide bonds. The van der Waals surface area contributed by atoms with Crippen molar-refractivity contribution in [2.24, 2.45) is 0 Å². The predicted molar refractivity (Wildman–Crippen MR) is 102 cm³/mol. The van der Waals surface area contributed by atoms with Gasteiger partial charge in [0.1, 0.15) is 5.70 Å². The van der Waals surface area contributed by atoms with Crippen molar-refractivity contribution in [1.29, 1.82) is 0 Å². The van der Waals surface area contributed by atoms with Crippen LogP contribution in [-0.4, -0.2) is 24.4 Å². The zero-order valence-electron chi connectivity index (χ0n) is 14.7. The maximum Gasteiger partial charge on any atom is 0.355 e. The van der Waals surface area contributed by atoms with Crippen LogP contribution < -0.4 is 10.6 Å². The molecule has 0 aliphatic heterocycles. The van der Waals surface area contributed by atoms with Crippen molar-refractivity contribution < 1.29 is 19.1 Å². The van der Waals surface area contributed by atoms with E-state index >= 15 is 0 Å². The SMILES string of the molecule is CC(=O)NC(=Cc1ccccc1)C(=O)OCC(=O)NCc1ccc(Cl)cc1. The Morgan fingerprint density at radius 2 is 1.70 bits per heavy atom. The topological polar surface area (TPSA) is 84.5 Å². The molecule has 2 aromatic carbocycles. The fraction of sp³-hybridized carbons (Fsp3) is 0.150. The Morgan fingerprint density at radius 3 is 2.33 bits per heavy atom. The molecular weight excluding hydrogens is 368 g/mol. The van der Waals surface area contributed by atoms with Crippen molar-refractivity contribution in [2.75, 3.05) is 6.61 Å². The van der Waals surface area contributed by atoms with E-state index in [9.17, 15) is 14.4 Å². The van der Waals surface area contributed by atoms with E-state index in [1.807, 2.05) is 6.07 Å². The van der Waals surface area contributed by atoms with Crippen molar-refractivity contribution >= 4 is 35.5 Å². The average Bonchev–Trinajstić information content (AvgIpc) is 2.65. The number of nitrogens with one attached hydrogen (secondary N) is 2. The first-order valence-electron chi connectivity index (χ1n) is 8.16. The summed E-state index contributed by atoms with van der Waals surface area (Å²) in [7, 11) is 0. The minimum Gasteiger partial charge on any atom is -0.451 e. The van der Waals surface area contributed by atoms with Gasteiger partial charge in [0, 0.05) is 18.5 Å². The van der Waals surface area contributed by atoms with E-state index in [1.54, 1.807) is 48.5 Å². The van der Waals surface area contributed by atoms with Crippen LogP contribution in [0.3, 0.4) is 0 Å². The molecule has 140 valence electrons. The summed E-state index contributed by atoms with van der Waals surface area (Å²) in [5.41, 5.74) is 1.53. The maximum atomic E-state index is 12.2. The second kappa shape index (κ2) is 10.1. The number of amides is 2. The fourth-order valence-corrected chi connectivity index (χ4v) is 2.24. The Kier molecular flexibility index (Phi) is 7.58. The van der Waals surface area contributed by atoms with Gasteiger partial charge in [-0.1, -0.05) is 54.1 Å². The minimum absolute atomic E-state index is 0.0424. The van der Waals surface area contributed by atoms with E-state index in [0.717, 1.165) is 5.56 Å². The third-order valence-electron chi connectivity index (χ3n) is 3.38. The highest BCUT2D eigenvalue weighted by Crippen LogP contribution is 2.09. The molecule has 6 nitrogen and oxygen atoms in total. The number of rotatable bonds is 7. The largest absolute Gasteiger partial charge is 0.451 e. The smallest absolute Gasteiger partial charge is 0.355 e. The lowest BCUT2D eigenvalue weighted by Crippen LogP contribution is -2.31. The molecular formula is C20H19ClN2O4. The van der Waals surface area contributed by atoms with Crippen molar-refractivity contribution in [1.82, 2.24) is 10.6 Å². The summed E-state index contributed by atoms with van der Waals surface area (Å²) in [6, 6.07) is 16.0. The fourth-order valence-electron chi connectivity index (χ4n) is 2.11. The third-order valence-corrected chi connectivity index (χ3v) is 3.63. The molecule has 2 aromatic rings. The number of hydrogen-bond donors (Lipinski definition) is 2.